The highest BCUT2D eigenvalue weighted by molar-refractivity contribution is 7.89. The third kappa shape index (κ3) is 2.88. The van der Waals surface area contributed by atoms with Crippen molar-refractivity contribution in [2.75, 3.05) is 5.73 Å². The molecule has 1 aliphatic rings. The lowest BCUT2D eigenvalue weighted by atomic mass is 10.3. The van der Waals surface area contributed by atoms with Crippen LogP contribution < -0.4 is 10.5 Å². The normalized spacial score (nSPS) is 17.5. The number of rotatable bonds is 3. The van der Waals surface area contributed by atoms with Crippen LogP contribution in [0.15, 0.2) is 17.2 Å². The molecule has 1 aliphatic carbocycles. The Morgan fingerprint density at radius 2 is 2.06 bits per heavy atom. The van der Waals surface area contributed by atoms with Gasteiger partial charge in [0.15, 0.2) is 0 Å². The van der Waals surface area contributed by atoms with Crippen molar-refractivity contribution >= 4 is 27.4 Å². The Morgan fingerprint density at radius 3 is 2.65 bits per heavy atom. The number of nitrogens with zero attached hydrogens (tertiary/aromatic N) is 1. The smallest absolute Gasteiger partial charge is 0.242 e. The fourth-order valence-corrected chi connectivity index (χ4v) is 3.42. The zero-order chi connectivity index (χ0) is 12.5. The molecule has 1 aromatic rings. The predicted molar refractivity (Wildman–Crippen MR) is 66.2 cm³/mol. The molecule has 0 spiro atoms. The van der Waals surface area contributed by atoms with Crippen molar-refractivity contribution in [1.29, 1.82) is 0 Å². The number of hydrogen-bond donors (Lipinski definition) is 2. The summed E-state index contributed by atoms with van der Waals surface area (Å²) in [4.78, 5) is 3.81. The van der Waals surface area contributed by atoms with E-state index in [-0.39, 0.29) is 21.8 Å². The maximum atomic E-state index is 12.0. The van der Waals surface area contributed by atoms with E-state index in [1.54, 1.807) is 0 Å². The number of pyridine rings is 1. The van der Waals surface area contributed by atoms with Gasteiger partial charge in [0.2, 0.25) is 10.0 Å². The average Bonchev–Trinajstić information content (AvgIpc) is 2.73. The Kier molecular flexibility index (Phi) is 3.56. The highest BCUT2D eigenvalue weighted by Gasteiger charge is 2.23. The van der Waals surface area contributed by atoms with E-state index < -0.39 is 10.0 Å². The van der Waals surface area contributed by atoms with Crippen LogP contribution in [0.25, 0.3) is 0 Å². The molecule has 1 aromatic heterocycles. The molecule has 1 fully saturated rings. The molecule has 0 radical (unpaired) electrons. The zero-order valence-corrected chi connectivity index (χ0v) is 10.8. The van der Waals surface area contributed by atoms with Crippen molar-refractivity contribution in [1.82, 2.24) is 9.71 Å². The summed E-state index contributed by atoms with van der Waals surface area (Å²) in [5, 5.41) is 0.152. The molecule has 2 rings (SSSR count). The molecular formula is C10H14ClN3O2S. The summed E-state index contributed by atoms with van der Waals surface area (Å²) in [5.41, 5.74) is 5.44. The highest BCUT2D eigenvalue weighted by atomic mass is 35.5. The minimum Gasteiger partial charge on any atom is -0.382 e. The molecule has 3 N–H and O–H groups in total. The van der Waals surface area contributed by atoms with Gasteiger partial charge in [0, 0.05) is 12.2 Å². The molecule has 17 heavy (non-hydrogen) atoms. The van der Waals surface area contributed by atoms with Crippen molar-refractivity contribution in [3.8, 4) is 0 Å². The van der Waals surface area contributed by atoms with Crippen LogP contribution in [0.2, 0.25) is 5.02 Å². The van der Waals surface area contributed by atoms with Crippen LogP contribution in [0.1, 0.15) is 25.7 Å². The van der Waals surface area contributed by atoms with Gasteiger partial charge in [-0.25, -0.2) is 18.1 Å². The van der Waals surface area contributed by atoms with Gasteiger partial charge in [0.1, 0.15) is 10.7 Å². The Hall–Kier alpha value is -0.850. The lowest BCUT2D eigenvalue weighted by Gasteiger charge is -2.12. The first-order valence-electron chi connectivity index (χ1n) is 5.42. The topological polar surface area (TPSA) is 85.1 Å². The molecular weight excluding hydrogens is 262 g/mol. The lowest BCUT2D eigenvalue weighted by Crippen LogP contribution is -2.32. The summed E-state index contributed by atoms with van der Waals surface area (Å²) in [6.07, 6.45) is 5.12. The van der Waals surface area contributed by atoms with E-state index in [2.05, 4.69) is 9.71 Å². The SMILES string of the molecule is Nc1ncc(S(=O)(=O)NC2CCCC2)cc1Cl. The van der Waals surface area contributed by atoms with Gasteiger partial charge in [0.05, 0.1) is 5.02 Å². The molecule has 7 heteroatoms. The lowest BCUT2D eigenvalue weighted by molar-refractivity contribution is 0.552. The van der Waals surface area contributed by atoms with Crippen LogP contribution in [-0.2, 0) is 10.0 Å². The minimum absolute atomic E-state index is 0.0244. The standard InChI is InChI=1S/C10H14ClN3O2S/c11-9-5-8(6-13-10(9)12)17(15,16)14-7-3-1-2-4-7/h5-7,14H,1-4H2,(H2,12,13). The molecule has 0 atom stereocenters. The van der Waals surface area contributed by atoms with Crippen molar-refractivity contribution < 1.29 is 8.42 Å². The summed E-state index contributed by atoms with van der Waals surface area (Å²) in [6.45, 7) is 0. The number of hydrogen-bond acceptors (Lipinski definition) is 4. The maximum absolute atomic E-state index is 12.0. The molecule has 0 unspecified atom stereocenters. The minimum atomic E-state index is -3.54. The fourth-order valence-electron chi connectivity index (χ4n) is 1.91. The van der Waals surface area contributed by atoms with Crippen LogP contribution in [0.5, 0.6) is 0 Å². The van der Waals surface area contributed by atoms with Gasteiger partial charge < -0.3 is 5.73 Å². The molecule has 0 bridgehead atoms. The molecule has 0 amide bonds. The number of aromatic nitrogens is 1. The summed E-state index contributed by atoms with van der Waals surface area (Å²) in [7, 11) is -3.54. The van der Waals surface area contributed by atoms with Crippen molar-refractivity contribution in [3.63, 3.8) is 0 Å². The zero-order valence-electron chi connectivity index (χ0n) is 9.19. The maximum Gasteiger partial charge on any atom is 0.242 e. The van der Waals surface area contributed by atoms with Crippen LogP contribution >= 0.6 is 11.6 Å². The molecule has 94 valence electrons. The van der Waals surface area contributed by atoms with Crippen molar-refractivity contribution in [2.45, 2.75) is 36.6 Å². The van der Waals surface area contributed by atoms with Crippen LogP contribution in [0, 0.1) is 0 Å². The molecule has 5 nitrogen and oxygen atoms in total. The second kappa shape index (κ2) is 4.80. The number of nitrogens with one attached hydrogen (secondary N) is 1. The highest BCUT2D eigenvalue weighted by Crippen LogP contribution is 2.23. The van der Waals surface area contributed by atoms with E-state index in [0.717, 1.165) is 25.7 Å². The first-order chi connectivity index (χ1) is 7.99. The molecule has 0 aromatic carbocycles. The number of anilines is 1. The van der Waals surface area contributed by atoms with Crippen LogP contribution in [0.3, 0.4) is 0 Å². The van der Waals surface area contributed by atoms with Gasteiger partial charge in [-0.15, -0.1) is 0 Å². The fraction of sp³-hybridized carbons (Fsp3) is 0.500. The van der Waals surface area contributed by atoms with Gasteiger partial charge in [-0.2, -0.15) is 0 Å². The number of halogens is 1. The van der Waals surface area contributed by atoms with E-state index in [4.69, 9.17) is 17.3 Å². The van der Waals surface area contributed by atoms with E-state index in [0.29, 0.717) is 0 Å². The Balaban J connectivity index is 2.21. The van der Waals surface area contributed by atoms with Crippen LogP contribution in [-0.4, -0.2) is 19.4 Å². The summed E-state index contributed by atoms with van der Waals surface area (Å²) in [5.74, 6) is 0.131. The van der Waals surface area contributed by atoms with E-state index in [1.165, 1.54) is 12.3 Å². The second-order valence-electron chi connectivity index (χ2n) is 4.14. The molecule has 1 saturated carbocycles. The second-order valence-corrected chi connectivity index (χ2v) is 6.26. The third-order valence-electron chi connectivity index (χ3n) is 2.83. The largest absolute Gasteiger partial charge is 0.382 e. The first kappa shape index (κ1) is 12.6. The Morgan fingerprint density at radius 1 is 1.41 bits per heavy atom. The summed E-state index contributed by atoms with van der Waals surface area (Å²) < 4.78 is 26.7. The Labute approximate surface area is 105 Å². The average molecular weight is 276 g/mol. The Bertz CT molecular complexity index is 512. The first-order valence-corrected chi connectivity index (χ1v) is 7.28. The van der Waals surface area contributed by atoms with Gasteiger partial charge in [-0.05, 0) is 18.9 Å². The molecule has 0 saturated heterocycles. The van der Waals surface area contributed by atoms with Gasteiger partial charge >= 0.3 is 0 Å². The van der Waals surface area contributed by atoms with Crippen molar-refractivity contribution in [2.24, 2.45) is 0 Å². The predicted octanol–water partition coefficient (Wildman–Crippen LogP) is 1.54. The van der Waals surface area contributed by atoms with E-state index in [9.17, 15) is 8.42 Å². The van der Waals surface area contributed by atoms with Gasteiger partial charge in [-0.3, -0.25) is 0 Å². The molecule has 0 aliphatic heterocycles. The van der Waals surface area contributed by atoms with Gasteiger partial charge in [0.25, 0.3) is 0 Å². The number of nitrogens with two attached hydrogens (primary N) is 1. The molecule has 1 heterocycles. The van der Waals surface area contributed by atoms with Gasteiger partial charge in [-0.1, -0.05) is 24.4 Å². The van der Waals surface area contributed by atoms with Crippen molar-refractivity contribution in [3.05, 3.63) is 17.3 Å². The quantitative estimate of drug-likeness (QED) is 0.876. The number of nitrogen functional groups attached to an aromatic ring is 1. The summed E-state index contributed by atoms with van der Waals surface area (Å²) in [6, 6.07) is 1.34. The number of sulfonamides is 1. The summed E-state index contributed by atoms with van der Waals surface area (Å²) >= 11 is 5.76. The van der Waals surface area contributed by atoms with E-state index in [1.807, 2.05) is 0 Å². The van der Waals surface area contributed by atoms with E-state index >= 15 is 0 Å². The van der Waals surface area contributed by atoms with Crippen LogP contribution in [0.4, 0.5) is 5.82 Å². The third-order valence-corrected chi connectivity index (χ3v) is 4.62. The monoisotopic (exact) mass is 275 g/mol.